The Balaban J connectivity index is 2.00. The molecule has 2 aromatic rings. The summed E-state index contributed by atoms with van der Waals surface area (Å²) in [5.41, 5.74) is 6.66. The third kappa shape index (κ3) is 6.14. The van der Waals surface area contributed by atoms with E-state index >= 15 is 0 Å². The van der Waals surface area contributed by atoms with Gasteiger partial charge < -0.3 is 0 Å². The molecule has 3 nitrogen and oxygen atoms in total. The zero-order valence-corrected chi connectivity index (χ0v) is 13.9. The predicted molar refractivity (Wildman–Crippen MR) is 95.8 cm³/mol. The predicted octanol–water partition coefficient (Wildman–Crippen LogP) is 2.54. The quantitative estimate of drug-likeness (QED) is 0.506. The highest BCUT2D eigenvalue weighted by Gasteiger charge is 2.07. The molecule has 0 heterocycles. The fraction of sp³-hybridized carbons (Fsp3) is 0.222. The van der Waals surface area contributed by atoms with Crippen LogP contribution in [-0.2, 0) is 12.3 Å². The van der Waals surface area contributed by atoms with E-state index < -0.39 is 0 Å². The van der Waals surface area contributed by atoms with E-state index in [1.165, 1.54) is 11.1 Å². The Morgan fingerprint density at radius 3 is 2.14 bits per heavy atom. The standard InChI is InChI=1S/C18H21N3S/c1-15(2)20-21-18(19-13-16-9-5-3-6-10-16)22-14-17-11-7-4-8-12-17/h3-12H,13-14H2,1-2H3,(H,19,21)/p+1. The molecule has 0 saturated carbocycles. The largest absolute Gasteiger partial charge is 0.329 e. The van der Waals surface area contributed by atoms with E-state index in [1.54, 1.807) is 11.8 Å². The molecule has 0 saturated heterocycles. The molecule has 0 bridgehead atoms. The molecular formula is C18H22N3S+. The zero-order valence-electron chi connectivity index (χ0n) is 13.0. The van der Waals surface area contributed by atoms with Crippen LogP contribution in [0.15, 0.2) is 65.8 Å². The molecule has 22 heavy (non-hydrogen) atoms. The van der Waals surface area contributed by atoms with Gasteiger partial charge in [0, 0.05) is 5.75 Å². The van der Waals surface area contributed by atoms with E-state index in [1.807, 2.05) is 26.0 Å². The second-order valence-electron chi connectivity index (χ2n) is 5.11. The van der Waals surface area contributed by atoms with Gasteiger partial charge in [-0.15, -0.1) is 5.43 Å². The van der Waals surface area contributed by atoms with Crippen molar-refractivity contribution < 1.29 is 4.99 Å². The van der Waals surface area contributed by atoms with Crippen molar-refractivity contribution in [3.8, 4) is 0 Å². The van der Waals surface area contributed by atoms with E-state index in [2.05, 4.69) is 64.1 Å². The molecule has 114 valence electrons. The van der Waals surface area contributed by atoms with Crippen molar-refractivity contribution in [1.29, 1.82) is 0 Å². The van der Waals surface area contributed by atoms with Crippen LogP contribution in [0, 0.1) is 0 Å². The van der Waals surface area contributed by atoms with Crippen molar-refractivity contribution in [3.63, 3.8) is 0 Å². The second-order valence-corrected chi connectivity index (χ2v) is 6.10. The zero-order chi connectivity index (χ0) is 15.6. The maximum atomic E-state index is 4.30. The fourth-order valence-electron chi connectivity index (χ4n) is 1.79. The van der Waals surface area contributed by atoms with Crippen LogP contribution >= 0.6 is 11.8 Å². The van der Waals surface area contributed by atoms with Crippen LogP contribution in [0.3, 0.4) is 0 Å². The Hall–Kier alpha value is -2.07. The number of amidine groups is 1. The highest BCUT2D eigenvalue weighted by atomic mass is 32.2. The molecule has 0 spiro atoms. The summed E-state index contributed by atoms with van der Waals surface area (Å²) in [6, 6.07) is 20.8. The number of hydrazone groups is 1. The van der Waals surface area contributed by atoms with Crippen molar-refractivity contribution in [2.45, 2.75) is 26.1 Å². The van der Waals surface area contributed by atoms with E-state index in [0.717, 1.165) is 23.2 Å². The summed E-state index contributed by atoms with van der Waals surface area (Å²) < 4.78 is 0. The van der Waals surface area contributed by atoms with Gasteiger partial charge in [0.1, 0.15) is 6.54 Å². The van der Waals surface area contributed by atoms with Gasteiger partial charge in [0.15, 0.2) is 0 Å². The summed E-state index contributed by atoms with van der Waals surface area (Å²) in [5.74, 6) is 0.906. The lowest BCUT2D eigenvalue weighted by Crippen LogP contribution is -2.73. The van der Waals surface area contributed by atoms with E-state index in [-0.39, 0.29) is 0 Å². The third-order valence-electron chi connectivity index (χ3n) is 2.90. The molecule has 0 amide bonds. The van der Waals surface area contributed by atoms with Gasteiger partial charge in [0.25, 0.3) is 0 Å². The topological polar surface area (TPSA) is 38.4 Å². The van der Waals surface area contributed by atoms with Gasteiger partial charge in [-0.25, -0.2) is 0 Å². The van der Waals surface area contributed by atoms with Gasteiger partial charge in [-0.3, -0.25) is 4.99 Å². The van der Waals surface area contributed by atoms with Gasteiger partial charge in [0.2, 0.25) is 0 Å². The Morgan fingerprint density at radius 2 is 1.55 bits per heavy atom. The first-order chi connectivity index (χ1) is 10.7. The Bertz CT molecular complexity index is 617. The highest BCUT2D eigenvalue weighted by molar-refractivity contribution is 8.12. The van der Waals surface area contributed by atoms with E-state index in [0.29, 0.717) is 0 Å². The summed E-state index contributed by atoms with van der Waals surface area (Å²) in [6.07, 6.45) is 0. The van der Waals surface area contributed by atoms with Gasteiger partial charge in [-0.2, -0.15) is 0 Å². The normalized spacial score (nSPS) is 11.1. The first kappa shape index (κ1) is 16.3. The summed E-state index contributed by atoms with van der Waals surface area (Å²) in [6.45, 7) is 4.73. The number of hydrogen-bond acceptors (Lipinski definition) is 2. The van der Waals surface area contributed by atoms with Gasteiger partial charge in [-0.05, 0) is 36.7 Å². The van der Waals surface area contributed by atoms with Crippen LogP contribution in [0.25, 0.3) is 0 Å². The van der Waals surface area contributed by atoms with Crippen LogP contribution in [-0.4, -0.2) is 10.9 Å². The molecule has 2 aromatic carbocycles. The lowest BCUT2D eigenvalue weighted by atomic mass is 10.2. The van der Waals surface area contributed by atoms with Crippen molar-refractivity contribution in [1.82, 2.24) is 5.43 Å². The van der Waals surface area contributed by atoms with E-state index in [4.69, 9.17) is 0 Å². The minimum atomic E-state index is 0.781. The molecule has 2 N–H and O–H groups in total. The number of hydrogen-bond donors (Lipinski definition) is 2. The number of thioether (sulfide) groups is 1. The average molecular weight is 312 g/mol. The Labute approximate surface area is 136 Å². The average Bonchev–Trinajstić information content (AvgIpc) is 2.56. The molecule has 0 atom stereocenters. The van der Waals surface area contributed by atoms with Gasteiger partial charge in [-0.1, -0.05) is 65.8 Å². The molecule has 0 radical (unpaired) electrons. The van der Waals surface area contributed by atoms with E-state index in [9.17, 15) is 0 Å². The number of rotatable bonds is 5. The van der Waals surface area contributed by atoms with Crippen LogP contribution in [0.5, 0.6) is 0 Å². The summed E-state index contributed by atoms with van der Waals surface area (Å²) >= 11 is 1.72. The number of nitrogens with zero attached hydrogens (tertiary/aromatic N) is 1. The SMILES string of the molecule is CC(C)=NNC(=[NH+]Cc1ccccc1)SCc1ccccc1. The smallest absolute Gasteiger partial charge is 0.263 e. The minimum Gasteiger partial charge on any atom is -0.263 e. The summed E-state index contributed by atoms with van der Waals surface area (Å²) in [4.78, 5) is 3.42. The molecule has 2 rings (SSSR count). The van der Waals surface area contributed by atoms with Crippen LogP contribution in [0.1, 0.15) is 25.0 Å². The lowest BCUT2D eigenvalue weighted by molar-refractivity contribution is -0.474. The first-order valence-electron chi connectivity index (χ1n) is 7.32. The molecule has 4 heteroatoms. The maximum absolute atomic E-state index is 4.30. The van der Waals surface area contributed by atoms with Crippen molar-refractivity contribution >= 4 is 22.6 Å². The molecule has 0 unspecified atom stereocenters. The molecule has 0 fully saturated rings. The lowest BCUT2D eigenvalue weighted by Gasteiger charge is -2.01. The number of benzene rings is 2. The molecule has 0 aliphatic rings. The van der Waals surface area contributed by atoms with Gasteiger partial charge in [0.05, 0.1) is 5.71 Å². The fourth-order valence-corrected chi connectivity index (χ4v) is 2.58. The van der Waals surface area contributed by atoms with Gasteiger partial charge >= 0.3 is 5.17 Å². The Kier molecular flexibility index (Phi) is 6.71. The Morgan fingerprint density at radius 1 is 0.955 bits per heavy atom. The maximum Gasteiger partial charge on any atom is 0.329 e. The molecule has 0 aromatic heterocycles. The monoisotopic (exact) mass is 312 g/mol. The second kappa shape index (κ2) is 9.05. The molecular weight excluding hydrogens is 290 g/mol. The van der Waals surface area contributed by atoms with Crippen LogP contribution < -0.4 is 10.4 Å². The molecule has 0 aliphatic heterocycles. The minimum absolute atomic E-state index is 0.781. The van der Waals surface area contributed by atoms with Crippen LogP contribution in [0.4, 0.5) is 0 Å². The van der Waals surface area contributed by atoms with Crippen LogP contribution in [0.2, 0.25) is 0 Å². The van der Waals surface area contributed by atoms with Crippen molar-refractivity contribution in [3.05, 3.63) is 71.8 Å². The van der Waals surface area contributed by atoms with Crippen molar-refractivity contribution in [2.75, 3.05) is 0 Å². The summed E-state index contributed by atoms with van der Waals surface area (Å²) in [5, 5.41) is 5.26. The number of nitrogens with one attached hydrogen (secondary N) is 2. The molecule has 0 aliphatic carbocycles. The third-order valence-corrected chi connectivity index (χ3v) is 3.90. The first-order valence-corrected chi connectivity index (χ1v) is 8.31. The van der Waals surface area contributed by atoms with Crippen molar-refractivity contribution in [2.24, 2.45) is 5.10 Å². The summed E-state index contributed by atoms with van der Waals surface area (Å²) in [7, 11) is 0. The highest BCUT2D eigenvalue weighted by Crippen LogP contribution is 2.10.